The molecule has 1 rings (SSSR count). The van der Waals surface area contributed by atoms with Gasteiger partial charge in [-0.15, -0.1) is 0 Å². The number of pyridine rings is 1. The van der Waals surface area contributed by atoms with Crippen molar-refractivity contribution < 1.29 is 5.11 Å². The molecule has 13 heavy (non-hydrogen) atoms. The van der Waals surface area contributed by atoms with Crippen molar-refractivity contribution in [3.63, 3.8) is 0 Å². The first-order valence-corrected chi connectivity index (χ1v) is 4.14. The summed E-state index contributed by atoms with van der Waals surface area (Å²) < 4.78 is 0. The number of nitrogens with one attached hydrogen (secondary N) is 1. The number of hydrogen-bond acceptors (Lipinski definition) is 3. The highest BCUT2D eigenvalue weighted by atomic mass is 35.5. The Balaban J connectivity index is 3.23. The number of H-pyrrole nitrogens is 1. The van der Waals surface area contributed by atoms with Crippen molar-refractivity contribution in [2.75, 3.05) is 6.61 Å². The van der Waals surface area contributed by atoms with E-state index in [0.717, 1.165) is 0 Å². The lowest BCUT2D eigenvalue weighted by Gasteiger charge is -2.22. The molecule has 0 aromatic carbocycles. The molecule has 1 aromatic heterocycles. The molecule has 5 heteroatoms. The highest BCUT2D eigenvalue weighted by Crippen LogP contribution is 2.22. The summed E-state index contributed by atoms with van der Waals surface area (Å²) in [6.45, 7) is 1.39. The summed E-state index contributed by atoms with van der Waals surface area (Å²) >= 11 is 5.75. The fraction of sp³-hybridized carbons (Fsp3) is 0.375. The summed E-state index contributed by atoms with van der Waals surface area (Å²) in [5, 5.41) is 9.14. The van der Waals surface area contributed by atoms with Crippen molar-refractivity contribution in [2.24, 2.45) is 5.73 Å². The summed E-state index contributed by atoms with van der Waals surface area (Å²) in [6.07, 6.45) is 0. The molecule has 0 spiro atoms. The van der Waals surface area contributed by atoms with Crippen molar-refractivity contribution in [2.45, 2.75) is 12.5 Å². The summed E-state index contributed by atoms with van der Waals surface area (Å²) in [5.74, 6) is 0. The molecule has 0 saturated heterocycles. The second kappa shape index (κ2) is 3.49. The molecular formula is C8H11ClN2O2. The van der Waals surface area contributed by atoms with Crippen LogP contribution in [0.2, 0.25) is 5.15 Å². The Bertz CT molecular complexity index is 359. The van der Waals surface area contributed by atoms with Gasteiger partial charge < -0.3 is 15.8 Å². The molecule has 0 unspecified atom stereocenters. The monoisotopic (exact) mass is 202 g/mol. The lowest BCUT2D eigenvalue weighted by Crippen LogP contribution is -2.37. The first-order chi connectivity index (χ1) is 5.97. The number of aliphatic hydroxyl groups excluding tert-OH is 1. The van der Waals surface area contributed by atoms with E-state index in [4.69, 9.17) is 22.4 Å². The van der Waals surface area contributed by atoms with Gasteiger partial charge in [0.25, 0.3) is 0 Å². The van der Waals surface area contributed by atoms with Gasteiger partial charge >= 0.3 is 0 Å². The van der Waals surface area contributed by atoms with Crippen molar-refractivity contribution in [3.8, 4) is 0 Å². The number of aromatic nitrogens is 1. The van der Waals surface area contributed by atoms with Gasteiger partial charge in [0, 0.05) is 11.6 Å². The minimum absolute atomic E-state index is 0.173. The van der Waals surface area contributed by atoms with Gasteiger partial charge in [-0.3, -0.25) is 4.79 Å². The number of nitrogens with two attached hydrogens (primary N) is 1. The summed E-state index contributed by atoms with van der Waals surface area (Å²) in [6, 6.07) is 2.83. The standard InChI is InChI=1S/C8H11ClN2O2/c1-8(10,4-12)5-2-3-6(13)11-7(5)9/h2-3,12H,4,10H2,1H3,(H,11,13)/t8-/m0/s1. The van der Waals surface area contributed by atoms with Crippen LogP contribution in [0, 0.1) is 0 Å². The molecule has 0 aliphatic heterocycles. The molecule has 1 heterocycles. The highest BCUT2D eigenvalue weighted by Gasteiger charge is 2.23. The van der Waals surface area contributed by atoms with E-state index in [-0.39, 0.29) is 17.3 Å². The van der Waals surface area contributed by atoms with Crippen LogP contribution in [0.15, 0.2) is 16.9 Å². The molecule has 0 aliphatic rings. The molecule has 4 nitrogen and oxygen atoms in total. The Morgan fingerprint density at radius 1 is 1.69 bits per heavy atom. The van der Waals surface area contributed by atoms with E-state index in [0.29, 0.717) is 5.56 Å². The zero-order valence-corrected chi connectivity index (χ0v) is 7.93. The molecule has 0 amide bonds. The van der Waals surface area contributed by atoms with E-state index >= 15 is 0 Å². The summed E-state index contributed by atoms with van der Waals surface area (Å²) in [5.41, 5.74) is 5.04. The van der Waals surface area contributed by atoms with E-state index in [9.17, 15) is 4.79 Å². The normalized spacial score (nSPS) is 15.4. The lowest BCUT2D eigenvalue weighted by atomic mass is 9.96. The third-order valence-corrected chi connectivity index (χ3v) is 2.11. The van der Waals surface area contributed by atoms with Gasteiger partial charge in [-0.1, -0.05) is 11.6 Å². The van der Waals surface area contributed by atoms with Crippen LogP contribution in [0.1, 0.15) is 12.5 Å². The van der Waals surface area contributed by atoms with Crippen LogP contribution in [0.5, 0.6) is 0 Å². The van der Waals surface area contributed by atoms with E-state index in [1.54, 1.807) is 6.92 Å². The van der Waals surface area contributed by atoms with Crippen LogP contribution in [0.4, 0.5) is 0 Å². The SMILES string of the molecule is C[C@](N)(CO)c1ccc(=O)[nH]c1Cl. The smallest absolute Gasteiger partial charge is 0.249 e. The maximum Gasteiger partial charge on any atom is 0.249 e. The average molecular weight is 203 g/mol. The van der Waals surface area contributed by atoms with Crippen LogP contribution in [-0.2, 0) is 5.54 Å². The van der Waals surface area contributed by atoms with E-state index in [1.807, 2.05) is 0 Å². The largest absolute Gasteiger partial charge is 0.394 e. The molecule has 1 aromatic rings. The number of hydrogen-bond donors (Lipinski definition) is 3. The van der Waals surface area contributed by atoms with Gasteiger partial charge in [-0.2, -0.15) is 0 Å². The first-order valence-electron chi connectivity index (χ1n) is 3.76. The molecule has 0 radical (unpaired) electrons. The van der Waals surface area contributed by atoms with E-state index < -0.39 is 5.54 Å². The number of rotatable bonds is 2. The zero-order chi connectivity index (χ0) is 10.1. The third-order valence-electron chi connectivity index (χ3n) is 1.81. The zero-order valence-electron chi connectivity index (χ0n) is 7.17. The summed E-state index contributed by atoms with van der Waals surface area (Å²) in [4.78, 5) is 13.2. The highest BCUT2D eigenvalue weighted by molar-refractivity contribution is 6.30. The minimum Gasteiger partial charge on any atom is -0.394 e. The topological polar surface area (TPSA) is 79.1 Å². The fourth-order valence-corrected chi connectivity index (χ4v) is 1.35. The van der Waals surface area contributed by atoms with Gasteiger partial charge in [0.05, 0.1) is 12.1 Å². The first kappa shape index (κ1) is 10.2. The fourth-order valence-electron chi connectivity index (χ4n) is 0.976. The van der Waals surface area contributed by atoms with Crippen LogP contribution < -0.4 is 11.3 Å². The minimum atomic E-state index is -0.929. The number of aliphatic hydroxyl groups is 1. The maximum atomic E-state index is 10.8. The Labute approximate surface area is 80.3 Å². The second-order valence-electron chi connectivity index (χ2n) is 3.13. The lowest BCUT2D eigenvalue weighted by molar-refractivity contribution is 0.210. The predicted octanol–water partition coefficient (Wildman–Crippen LogP) is 0.194. The molecule has 72 valence electrons. The van der Waals surface area contributed by atoms with Crippen LogP contribution in [0.3, 0.4) is 0 Å². The molecule has 4 N–H and O–H groups in total. The Kier molecular flexibility index (Phi) is 2.75. The van der Waals surface area contributed by atoms with Gasteiger partial charge in [0.15, 0.2) is 0 Å². The molecular weight excluding hydrogens is 192 g/mol. The van der Waals surface area contributed by atoms with Crippen molar-refractivity contribution in [1.29, 1.82) is 0 Å². The van der Waals surface area contributed by atoms with E-state index in [1.165, 1.54) is 12.1 Å². The van der Waals surface area contributed by atoms with Crippen molar-refractivity contribution >= 4 is 11.6 Å². The predicted molar refractivity (Wildman–Crippen MR) is 50.7 cm³/mol. The Morgan fingerprint density at radius 2 is 2.31 bits per heavy atom. The van der Waals surface area contributed by atoms with Gasteiger partial charge in [0.2, 0.25) is 5.56 Å². The quantitative estimate of drug-likeness (QED) is 0.600. The van der Waals surface area contributed by atoms with Crippen LogP contribution in [-0.4, -0.2) is 16.7 Å². The average Bonchev–Trinajstić information content (AvgIpc) is 2.03. The molecule has 0 fully saturated rings. The number of aromatic amines is 1. The molecule has 0 saturated carbocycles. The van der Waals surface area contributed by atoms with Crippen molar-refractivity contribution in [1.82, 2.24) is 4.98 Å². The number of halogens is 1. The Morgan fingerprint density at radius 3 is 2.77 bits per heavy atom. The van der Waals surface area contributed by atoms with Gasteiger partial charge in [-0.25, -0.2) is 0 Å². The third kappa shape index (κ3) is 2.09. The van der Waals surface area contributed by atoms with Gasteiger partial charge in [-0.05, 0) is 13.0 Å². The maximum absolute atomic E-state index is 10.8. The van der Waals surface area contributed by atoms with E-state index in [2.05, 4.69) is 4.98 Å². The van der Waals surface area contributed by atoms with Crippen LogP contribution in [0.25, 0.3) is 0 Å². The summed E-state index contributed by atoms with van der Waals surface area (Å²) in [7, 11) is 0. The molecule has 0 aliphatic carbocycles. The van der Waals surface area contributed by atoms with Crippen molar-refractivity contribution in [3.05, 3.63) is 33.2 Å². The molecule has 0 bridgehead atoms. The Hall–Kier alpha value is -0.840. The molecule has 1 atom stereocenters. The van der Waals surface area contributed by atoms with Gasteiger partial charge in [0.1, 0.15) is 5.15 Å². The second-order valence-corrected chi connectivity index (χ2v) is 3.50. The van der Waals surface area contributed by atoms with Crippen LogP contribution >= 0.6 is 11.6 Å².